The summed E-state index contributed by atoms with van der Waals surface area (Å²) in [5.41, 5.74) is 1.39. The maximum Gasteiger partial charge on any atom is 0.119 e. The Morgan fingerprint density at radius 3 is 2.50 bits per heavy atom. The first kappa shape index (κ1) is 11.5. The van der Waals surface area contributed by atoms with Crippen LogP contribution >= 0.6 is 0 Å². The van der Waals surface area contributed by atoms with E-state index >= 15 is 0 Å². The first-order chi connectivity index (χ1) is 7.75. The van der Waals surface area contributed by atoms with E-state index in [1.807, 2.05) is 0 Å². The molecule has 2 nitrogen and oxygen atoms in total. The van der Waals surface area contributed by atoms with Gasteiger partial charge >= 0.3 is 0 Å². The molecule has 16 heavy (non-hydrogen) atoms. The molecule has 1 aliphatic rings. The molecule has 0 spiro atoms. The fourth-order valence-electron chi connectivity index (χ4n) is 2.19. The number of rotatable bonds is 3. The zero-order chi connectivity index (χ0) is 11.4. The summed E-state index contributed by atoms with van der Waals surface area (Å²) in [6.45, 7) is 5.25. The quantitative estimate of drug-likeness (QED) is 0.842. The Balaban J connectivity index is 2.00. The van der Waals surface area contributed by atoms with Gasteiger partial charge in [0, 0.05) is 6.04 Å². The summed E-state index contributed by atoms with van der Waals surface area (Å²) in [7, 11) is 0. The summed E-state index contributed by atoms with van der Waals surface area (Å²) in [4.78, 5) is 0. The molecule has 0 saturated carbocycles. The summed E-state index contributed by atoms with van der Waals surface area (Å²) in [6, 6.07) is 9.06. The van der Waals surface area contributed by atoms with E-state index in [2.05, 4.69) is 43.4 Å². The summed E-state index contributed by atoms with van der Waals surface area (Å²) < 4.78 is 5.64. The molecule has 1 aliphatic heterocycles. The summed E-state index contributed by atoms with van der Waals surface area (Å²) in [5, 5.41) is 3.55. The van der Waals surface area contributed by atoms with Crippen LogP contribution in [0, 0.1) is 0 Å². The lowest BCUT2D eigenvalue weighted by atomic mass is 9.98. The van der Waals surface area contributed by atoms with Crippen LogP contribution in [0.15, 0.2) is 24.3 Å². The number of hydrogen-bond acceptors (Lipinski definition) is 2. The average Bonchev–Trinajstić information content (AvgIpc) is 2.30. The van der Waals surface area contributed by atoms with E-state index in [0.29, 0.717) is 6.04 Å². The lowest BCUT2D eigenvalue weighted by Gasteiger charge is -2.24. The maximum atomic E-state index is 5.64. The number of benzene rings is 1. The second-order valence-electron chi connectivity index (χ2n) is 4.74. The molecule has 0 radical (unpaired) electrons. The Hall–Kier alpha value is -1.02. The van der Waals surface area contributed by atoms with Crippen molar-refractivity contribution in [1.29, 1.82) is 0 Å². The maximum absolute atomic E-state index is 5.64. The van der Waals surface area contributed by atoms with Crippen molar-refractivity contribution in [2.45, 2.75) is 45.3 Å². The fraction of sp³-hybridized carbons (Fsp3) is 0.571. The Kier molecular flexibility index (Phi) is 3.83. The zero-order valence-electron chi connectivity index (χ0n) is 10.2. The molecule has 2 rings (SSSR count). The Bertz CT molecular complexity index is 312. The van der Waals surface area contributed by atoms with Gasteiger partial charge in [-0.1, -0.05) is 18.6 Å². The van der Waals surface area contributed by atoms with E-state index in [1.54, 1.807) is 0 Å². The van der Waals surface area contributed by atoms with Gasteiger partial charge in [0.05, 0.1) is 6.10 Å². The lowest BCUT2D eigenvalue weighted by Crippen LogP contribution is -2.26. The molecule has 0 aliphatic carbocycles. The van der Waals surface area contributed by atoms with Gasteiger partial charge in [-0.3, -0.25) is 0 Å². The van der Waals surface area contributed by atoms with Crippen molar-refractivity contribution in [3.8, 4) is 5.75 Å². The van der Waals surface area contributed by atoms with Crippen LogP contribution in [0.5, 0.6) is 5.75 Å². The van der Waals surface area contributed by atoms with Crippen molar-refractivity contribution < 1.29 is 4.74 Å². The molecule has 1 atom stereocenters. The van der Waals surface area contributed by atoms with Gasteiger partial charge in [0.15, 0.2) is 0 Å². The van der Waals surface area contributed by atoms with Gasteiger partial charge in [-0.25, -0.2) is 0 Å². The summed E-state index contributed by atoms with van der Waals surface area (Å²) in [6.07, 6.45) is 4.15. The van der Waals surface area contributed by atoms with E-state index in [9.17, 15) is 0 Å². The minimum absolute atomic E-state index is 0.249. The van der Waals surface area contributed by atoms with E-state index in [-0.39, 0.29) is 6.10 Å². The van der Waals surface area contributed by atoms with Crippen LogP contribution in [0.4, 0.5) is 0 Å². The highest BCUT2D eigenvalue weighted by molar-refractivity contribution is 5.29. The zero-order valence-corrected chi connectivity index (χ0v) is 10.2. The number of nitrogens with one attached hydrogen (secondary N) is 1. The van der Waals surface area contributed by atoms with Crippen LogP contribution in [-0.2, 0) is 0 Å². The summed E-state index contributed by atoms with van der Waals surface area (Å²) >= 11 is 0. The fourth-order valence-corrected chi connectivity index (χ4v) is 2.19. The molecule has 0 aromatic heterocycles. The minimum Gasteiger partial charge on any atom is -0.491 e. The Labute approximate surface area is 98.0 Å². The summed E-state index contributed by atoms with van der Waals surface area (Å²) in [5.74, 6) is 0.967. The third kappa shape index (κ3) is 2.99. The third-order valence-corrected chi connectivity index (χ3v) is 2.96. The minimum atomic E-state index is 0.249. The predicted octanol–water partition coefficient (Wildman–Crippen LogP) is 3.29. The molecule has 1 saturated heterocycles. The molecule has 0 amide bonds. The SMILES string of the molecule is CC(C)Oc1ccc([C@@H]2CCCCN2)cc1. The lowest BCUT2D eigenvalue weighted by molar-refractivity contribution is 0.242. The van der Waals surface area contributed by atoms with Crippen molar-refractivity contribution >= 4 is 0 Å². The second kappa shape index (κ2) is 5.35. The highest BCUT2D eigenvalue weighted by Gasteiger charge is 2.14. The Morgan fingerprint density at radius 2 is 1.94 bits per heavy atom. The van der Waals surface area contributed by atoms with Crippen LogP contribution in [0.25, 0.3) is 0 Å². The first-order valence-corrected chi connectivity index (χ1v) is 6.26. The van der Waals surface area contributed by atoms with Gasteiger partial charge < -0.3 is 10.1 Å². The van der Waals surface area contributed by atoms with Gasteiger partial charge in [-0.05, 0) is 50.9 Å². The normalized spacial score (nSPS) is 21.1. The average molecular weight is 219 g/mol. The van der Waals surface area contributed by atoms with E-state index in [4.69, 9.17) is 4.74 Å². The van der Waals surface area contributed by atoms with Crippen molar-refractivity contribution in [2.24, 2.45) is 0 Å². The first-order valence-electron chi connectivity index (χ1n) is 6.26. The van der Waals surface area contributed by atoms with Crippen LogP contribution in [-0.4, -0.2) is 12.6 Å². The Morgan fingerprint density at radius 1 is 1.19 bits per heavy atom. The number of piperidine rings is 1. The molecule has 0 bridgehead atoms. The van der Waals surface area contributed by atoms with Crippen molar-refractivity contribution in [2.75, 3.05) is 6.54 Å². The van der Waals surface area contributed by atoms with Crippen LogP contribution in [0.2, 0.25) is 0 Å². The molecule has 88 valence electrons. The van der Waals surface area contributed by atoms with Crippen LogP contribution in [0.1, 0.15) is 44.7 Å². The molecular weight excluding hydrogens is 198 g/mol. The van der Waals surface area contributed by atoms with E-state index in [1.165, 1.54) is 24.8 Å². The molecule has 0 unspecified atom stereocenters. The third-order valence-electron chi connectivity index (χ3n) is 2.96. The molecule has 1 aromatic carbocycles. The molecule has 1 aromatic rings. The van der Waals surface area contributed by atoms with Gasteiger partial charge in [0.25, 0.3) is 0 Å². The van der Waals surface area contributed by atoms with Gasteiger partial charge in [0.1, 0.15) is 5.75 Å². The monoisotopic (exact) mass is 219 g/mol. The van der Waals surface area contributed by atoms with E-state index in [0.717, 1.165) is 12.3 Å². The molecule has 1 N–H and O–H groups in total. The van der Waals surface area contributed by atoms with Crippen molar-refractivity contribution in [3.05, 3.63) is 29.8 Å². The molecular formula is C14H21NO. The van der Waals surface area contributed by atoms with Crippen LogP contribution < -0.4 is 10.1 Å². The largest absolute Gasteiger partial charge is 0.491 e. The highest BCUT2D eigenvalue weighted by atomic mass is 16.5. The van der Waals surface area contributed by atoms with Crippen LogP contribution in [0.3, 0.4) is 0 Å². The number of ether oxygens (including phenoxy) is 1. The van der Waals surface area contributed by atoms with Gasteiger partial charge in [-0.15, -0.1) is 0 Å². The van der Waals surface area contributed by atoms with Gasteiger partial charge in [0.2, 0.25) is 0 Å². The van der Waals surface area contributed by atoms with E-state index < -0.39 is 0 Å². The molecule has 1 heterocycles. The molecule has 2 heteroatoms. The smallest absolute Gasteiger partial charge is 0.119 e. The van der Waals surface area contributed by atoms with Gasteiger partial charge in [-0.2, -0.15) is 0 Å². The number of hydrogen-bond donors (Lipinski definition) is 1. The highest BCUT2D eigenvalue weighted by Crippen LogP contribution is 2.24. The predicted molar refractivity (Wildman–Crippen MR) is 66.8 cm³/mol. The topological polar surface area (TPSA) is 21.3 Å². The molecule has 1 fully saturated rings. The van der Waals surface area contributed by atoms with Crippen molar-refractivity contribution in [1.82, 2.24) is 5.32 Å². The van der Waals surface area contributed by atoms with Crippen molar-refractivity contribution in [3.63, 3.8) is 0 Å². The second-order valence-corrected chi connectivity index (χ2v) is 4.74. The standard InChI is InChI=1S/C14H21NO/c1-11(2)16-13-8-6-12(7-9-13)14-5-3-4-10-15-14/h6-9,11,14-15H,3-5,10H2,1-2H3/t14-/m0/s1.